The summed E-state index contributed by atoms with van der Waals surface area (Å²) in [5.41, 5.74) is 6.25. The molecule has 0 unspecified atom stereocenters. The van der Waals surface area contributed by atoms with Crippen molar-refractivity contribution in [3.8, 4) is 0 Å². The number of amides is 1. The van der Waals surface area contributed by atoms with E-state index in [9.17, 15) is 4.79 Å². The third-order valence-electron chi connectivity index (χ3n) is 3.63. The van der Waals surface area contributed by atoms with Crippen molar-refractivity contribution in [2.24, 2.45) is 5.73 Å². The average Bonchev–Trinajstić information content (AvgIpc) is 2.34. The molecule has 1 fully saturated rings. The molecule has 6 heteroatoms. The van der Waals surface area contributed by atoms with Gasteiger partial charge in [0.05, 0.1) is 15.7 Å². The molecular formula is C14H17Cl3N2O. The quantitative estimate of drug-likeness (QED) is 0.845. The van der Waals surface area contributed by atoms with Crippen LogP contribution in [0.15, 0.2) is 12.1 Å². The van der Waals surface area contributed by atoms with Crippen LogP contribution in [0.1, 0.15) is 38.5 Å². The van der Waals surface area contributed by atoms with Crippen molar-refractivity contribution in [2.45, 2.75) is 44.1 Å². The van der Waals surface area contributed by atoms with Crippen molar-refractivity contribution in [3.05, 3.63) is 27.2 Å². The van der Waals surface area contributed by atoms with Gasteiger partial charge < -0.3 is 11.1 Å². The smallest absolute Gasteiger partial charge is 0.226 e. The molecule has 1 aliphatic rings. The van der Waals surface area contributed by atoms with E-state index in [2.05, 4.69) is 5.32 Å². The molecule has 1 saturated carbocycles. The summed E-state index contributed by atoms with van der Waals surface area (Å²) < 4.78 is 0. The van der Waals surface area contributed by atoms with Crippen LogP contribution in [0.3, 0.4) is 0 Å². The van der Waals surface area contributed by atoms with Gasteiger partial charge in [-0.15, -0.1) is 0 Å². The Hall–Kier alpha value is -0.480. The van der Waals surface area contributed by atoms with Gasteiger partial charge in [-0.25, -0.2) is 0 Å². The minimum absolute atomic E-state index is 0.166. The molecule has 0 saturated heterocycles. The van der Waals surface area contributed by atoms with Gasteiger partial charge in [-0.2, -0.15) is 0 Å². The molecule has 3 N–H and O–H groups in total. The van der Waals surface area contributed by atoms with Crippen molar-refractivity contribution in [1.82, 2.24) is 0 Å². The highest BCUT2D eigenvalue weighted by Crippen LogP contribution is 2.34. The Kier molecular flexibility index (Phi) is 5.19. The molecule has 0 aliphatic heterocycles. The second kappa shape index (κ2) is 6.52. The highest BCUT2D eigenvalue weighted by molar-refractivity contribution is 6.42. The molecule has 0 spiro atoms. The van der Waals surface area contributed by atoms with Crippen LogP contribution >= 0.6 is 34.8 Å². The van der Waals surface area contributed by atoms with Crippen molar-refractivity contribution in [2.75, 3.05) is 5.32 Å². The van der Waals surface area contributed by atoms with Crippen molar-refractivity contribution >= 4 is 46.4 Å². The molecule has 0 radical (unpaired) electrons. The van der Waals surface area contributed by atoms with Crippen molar-refractivity contribution < 1.29 is 4.79 Å². The van der Waals surface area contributed by atoms with Crippen LogP contribution in [0.2, 0.25) is 15.1 Å². The number of anilines is 1. The van der Waals surface area contributed by atoms with Crippen LogP contribution in [0, 0.1) is 0 Å². The summed E-state index contributed by atoms with van der Waals surface area (Å²) in [6, 6.07) is 3.09. The molecule has 110 valence electrons. The topological polar surface area (TPSA) is 55.1 Å². The largest absolute Gasteiger partial charge is 0.325 e. The Morgan fingerprint density at radius 2 is 1.70 bits per heavy atom. The molecule has 2 rings (SSSR count). The first-order valence-electron chi connectivity index (χ1n) is 6.63. The minimum atomic E-state index is -0.409. The van der Waals surface area contributed by atoms with Crippen LogP contribution in [0.25, 0.3) is 0 Å². The van der Waals surface area contributed by atoms with E-state index in [1.807, 2.05) is 0 Å². The van der Waals surface area contributed by atoms with E-state index in [-0.39, 0.29) is 12.3 Å². The van der Waals surface area contributed by atoms with Crippen molar-refractivity contribution in [3.63, 3.8) is 0 Å². The Balaban J connectivity index is 2.05. The highest BCUT2D eigenvalue weighted by atomic mass is 35.5. The SMILES string of the molecule is NC1(CC(=O)Nc2c(Cl)cc(Cl)cc2Cl)CCCCC1. The number of carbonyl (C=O) groups is 1. The zero-order valence-electron chi connectivity index (χ0n) is 11.0. The third-order valence-corrected chi connectivity index (χ3v) is 4.45. The Morgan fingerprint density at radius 1 is 1.15 bits per heavy atom. The number of rotatable bonds is 3. The summed E-state index contributed by atoms with van der Waals surface area (Å²) in [6.07, 6.45) is 5.38. The molecule has 1 aromatic rings. The second-order valence-electron chi connectivity index (χ2n) is 5.39. The lowest BCUT2D eigenvalue weighted by atomic mass is 9.80. The second-order valence-corrected chi connectivity index (χ2v) is 6.64. The van der Waals surface area contributed by atoms with Gasteiger partial charge in [-0.3, -0.25) is 4.79 Å². The summed E-state index contributed by atoms with van der Waals surface area (Å²) >= 11 is 17.9. The van der Waals surface area contributed by atoms with Crippen molar-refractivity contribution in [1.29, 1.82) is 0 Å². The maximum Gasteiger partial charge on any atom is 0.226 e. The predicted octanol–water partition coefficient (Wildman–Crippen LogP) is 4.64. The van der Waals surface area contributed by atoms with Gasteiger partial charge >= 0.3 is 0 Å². The van der Waals surface area contributed by atoms with E-state index in [0.717, 1.165) is 25.7 Å². The standard InChI is InChI=1S/C14H17Cl3N2O/c15-9-6-10(16)13(11(17)7-9)19-12(20)8-14(18)4-2-1-3-5-14/h6-7H,1-5,8,18H2,(H,19,20). The number of halogens is 3. The number of carbonyl (C=O) groups excluding carboxylic acids is 1. The molecule has 3 nitrogen and oxygen atoms in total. The van der Waals surface area contributed by atoms with Crippen LogP contribution in [0.4, 0.5) is 5.69 Å². The molecule has 1 aromatic carbocycles. The Bertz CT molecular complexity index is 490. The van der Waals surface area contributed by atoms with E-state index in [1.165, 1.54) is 6.42 Å². The predicted molar refractivity (Wildman–Crippen MR) is 84.7 cm³/mol. The molecule has 20 heavy (non-hydrogen) atoms. The van der Waals surface area contributed by atoms with Crippen LogP contribution in [0.5, 0.6) is 0 Å². The fourth-order valence-electron chi connectivity index (χ4n) is 2.60. The Labute approximate surface area is 133 Å². The maximum atomic E-state index is 12.1. The highest BCUT2D eigenvalue weighted by Gasteiger charge is 2.30. The average molecular weight is 336 g/mol. The molecule has 1 aliphatic carbocycles. The summed E-state index contributed by atoms with van der Waals surface area (Å²) in [5, 5.41) is 3.82. The van der Waals surface area contributed by atoms with Crippen LogP contribution < -0.4 is 11.1 Å². The lowest BCUT2D eigenvalue weighted by molar-refractivity contribution is -0.117. The van der Waals surface area contributed by atoms with Gasteiger partial charge in [0.2, 0.25) is 5.91 Å². The first-order chi connectivity index (χ1) is 9.39. The van der Waals surface area contributed by atoms with Gasteiger partial charge in [0, 0.05) is 17.0 Å². The number of nitrogens with two attached hydrogens (primary N) is 1. The van der Waals surface area contributed by atoms with Gasteiger partial charge in [-0.1, -0.05) is 54.1 Å². The van der Waals surface area contributed by atoms with Gasteiger partial charge in [-0.05, 0) is 25.0 Å². The molecule has 0 atom stereocenters. The van der Waals surface area contributed by atoms with E-state index in [0.29, 0.717) is 20.8 Å². The first kappa shape index (κ1) is 15.9. The van der Waals surface area contributed by atoms with Gasteiger partial charge in [0.1, 0.15) is 0 Å². The van der Waals surface area contributed by atoms with Gasteiger partial charge in [0.15, 0.2) is 0 Å². The maximum absolute atomic E-state index is 12.1. The number of hydrogen-bond acceptors (Lipinski definition) is 2. The number of nitrogens with one attached hydrogen (secondary N) is 1. The number of benzene rings is 1. The lowest BCUT2D eigenvalue weighted by Gasteiger charge is -2.32. The summed E-state index contributed by atoms with van der Waals surface area (Å²) in [4.78, 5) is 12.1. The monoisotopic (exact) mass is 334 g/mol. The third kappa shape index (κ3) is 4.01. The summed E-state index contributed by atoms with van der Waals surface area (Å²) in [6.45, 7) is 0. The van der Waals surface area contributed by atoms with Gasteiger partial charge in [0.25, 0.3) is 0 Å². The summed E-state index contributed by atoms with van der Waals surface area (Å²) in [5.74, 6) is -0.166. The van der Waals surface area contributed by atoms with Crippen LogP contribution in [-0.2, 0) is 4.79 Å². The normalized spacial score (nSPS) is 17.8. The molecular weight excluding hydrogens is 319 g/mol. The lowest BCUT2D eigenvalue weighted by Crippen LogP contribution is -2.44. The molecule has 1 amide bonds. The molecule has 0 bridgehead atoms. The zero-order valence-corrected chi connectivity index (χ0v) is 13.3. The fourth-order valence-corrected chi connectivity index (χ4v) is 3.51. The van der Waals surface area contributed by atoms with E-state index in [1.54, 1.807) is 12.1 Å². The number of hydrogen-bond donors (Lipinski definition) is 2. The van der Waals surface area contributed by atoms with E-state index in [4.69, 9.17) is 40.5 Å². The molecule has 0 aromatic heterocycles. The Morgan fingerprint density at radius 3 is 2.25 bits per heavy atom. The van der Waals surface area contributed by atoms with E-state index < -0.39 is 5.54 Å². The van der Waals surface area contributed by atoms with Crippen LogP contribution in [-0.4, -0.2) is 11.4 Å². The van der Waals surface area contributed by atoms with E-state index >= 15 is 0 Å². The zero-order chi connectivity index (χ0) is 14.8. The summed E-state index contributed by atoms with van der Waals surface area (Å²) in [7, 11) is 0. The molecule has 0 heterocycles. The fraction of sp³-hybridized carbons (Fsp3) is 0.500. The first-order valence-corrected chi connectivity index (χ1v) is 7.76. The minimum Gasteiger partial charge on any atom is -0.325 e.